The fourth-order valence-electron chi connectivity index (χ4n) is 2.90. The summed E-state index contributed by atoms with van der Waals surface area (Å²) in [5.74, 6) is 1.52. The molecule has 0 heterocycles. The smallest absolute Gasteiger partial charge is 0.191 e. The van der Waals surface area contributed by atoms with E-state index < -0.39 is 6.10 Å². The van der Waals surface area contributed by atoms with E-state index in [2.05, 4.69) is 34.4 Å². The van der Waals surface area contributed by atoms with Gasteiger partial charge in [0.15, 0.2) is 5.96 Å². The van der Waals surface area contributed by atoms with Crippen LogP contribution in [0, 0.1) is 0 Å². The Labute approximate surface area is 194 Å². The first-order chi connectivity index (χ1) is 13.5. The second-order valence-corrected chi connectivity index (χ2v) is 7.14. The predicted octanol–water partition coefficient (Wildman–Crippen LogP) is 3.80. The number of aliphatic hydroxyl groups is 1. The summed E-state index contributed by atoms with van der Waals surface area (Å²) in [6.45, 7) is 15.7. The van der Waals surface area contributed by atoms with E-state index >= 15 is 0 Å². The second kappa shape index (κ2) is 16.7. The van der Waals surface area contributed by atoms with Gasteiger partial charge in [0.2, 0.25) is 0 Å². The maximum Gasteiger partial charge on any atom is 0.191 e. The maximum absolute atomic E-state index is 10.5. The second-order valence-electron chi connectivity index (χ2n) is 7.14. The minimum Gasteiger partial charge on any atom is -0.491 e. The van der Waals surface area contributed by atoms with Crippen LogP contribution >= 0.6 is 24.0 Å². The van der Waals surface area contributed by atoms with E-state index in [1.165, 1.54) is 6.42 Å². The highest BCUT2D eigenvalue weighted by Gasteiger charge is 2.09. The molecule has 1 rings (SSSR count). The molecule has 1 unspecified atom stereocenters. The van der Waals surface area contributed by atoms with Gasteiger partial charge in [-0.15, -0.1) is 24.0 Å². The van der Waals surface area contributed by atoms with Crippen LogP contribution in [0.1, 0.15) is 59.1 Å². The van der Waals surface area contributed by atoms with Crippen LogP contribution in [0.25, 0.3) is 0 Å². The average molecular weight is 521 g/mol. The lowest BCUT2D eigenvalue weighted by atomic mass is 10.1. The van der Waals surface area contributed by atoms with Crippen molar-refractivity contribution in [3.8, 4) is 5.75 Å². The van der Waals surface area contributed by atoms with E-state index in [1.807, 2.05) is 45.0 Å². The number of nitrogens with one attached hydrogen (secondary N) is 2. The van der Waals surface area contributed by atoms with Crippen molar-refractivity contribution in [1.82, 2.24) is 15.5 Å². The molecule has 0 spiro atoms. The van der Waals surface area contributed by atoms with Crippen molar-refractivity contribution in [3.63, 3.8) is 0 Å². The van der Waals surface area contributed by atoms with Gasteiger partial charge in [0.05, 0.1) is 18.8 Å². The van der Waals surface area contributed by atoms with Crippen LogP contribution in [0.5, 0.6) is 5.75 Å². The lowest BCUT2D eigenvalue weighted by Crippen LogP contribution is -2.38. The van der Waals surface area contributed by atoms with E-state index in [4.69, 9.17) is 4.74 Å². The molecule has 0 saturated carbocycles. The number of aliphatic hydroxyl groups excluding tert-OH is 1. The van der Waals surface area contributed by atoms with E-state index in [9.17, 15) is 5.11 Å². The highest BCUT2D eigenvalue weighted by atomic mass is 127. The molecule has 1 atom stereocenters. The highest BCUT2D eigenvalue weighted by molar-refractivity contribution is 14.0. The third-order valence-corrected chi connectivity index (χ3v) is 4.47. The normalized spacial score (nSPS) is 12.6. The van der Waals surface area contributed by atoms with E-state index in [1.54, 1.807) is 0 Å². The molecule has 0 saturated heterocycles. The van der Waals surface area contributed by atoms with E-state index in [0.717, 1.165) is 56.4 Å². The minimum absolute atomic E-state index is 0. The maximum atomic E-state index is 10.5. The number of benzene rings is 1. The van der Waals surface area contributed by atoms with E-state index in [0.29, 0.717) is 6.54 Å². The lowest BCUT2D eigenvalue weighted by Gasteiger charge is -2.18. The number of ether oxygens (including phenoxy) is 1. The van der Waals surface area contributed by atoms with Crippen molar-refractivity contribution in [1.29, 1.82) is 0 Å². The number of hydrogen-bond donors (Lipinski definition) is 3. The third kappa shape index (κ3) is 12.3. The summed E-state index contributed by atoms with van der Waals surface area (Å²) in [6.07, 6.45) is 1.71. The molecule has 6 nitrogen and oxygen atoms in total. The van der Waals surface area contributed by atoms with Crippen molar-refractivity contribution >= 4 is 29.9 Å². The van der Waals surface area contributed by atoms with E-state index in [-0.39, 0.29) is 30.1 Å². The van der Waals surface area contributed by atoms with Crippen molar-refractivity contribution in [2.75, 3.05) is 39.3 Å². The molecule has 168 valence electrons. The topological polar surface area (TPSA) is 69.1 Å². The zero-order valence-electron chi connectivity index (χ0n) is 18.8. The first-order valence-electron chi connectivity index (χ1n) is 10.7. The van der Waals surface area contributed by atoms with Crippen LogP contribution in [0.3, 0.4) is 0 Å². The van der Waals surface area contributed by atoms with Crippen LogP contribution in [-0.2, 0) is 0 Å². The molecule has 0 amide bonds. The molecule has 1 aromatic rings. The first kappa shape index (κ1) is 27.9. The van der Waals surface area contributed by atoms with Crippen molar-refractivity contribution in [3.05, 3.63) is 29.8 Å². The molecule has 1 aromatic carbocycles. The fraction of sp³-hybridized carbons (Fsp3) is 0.682. The molecule has 0 radical (unpaired) electrons. The van der Waals surface area contributed by atoms with Crippen LogP contribution in [0.4, 0.5) is 0 Å². The molecular weight excluding hydrogens is 479 g/mol. The number of rotatable bonds is 13. The number of unbranched alkanes of at least 4 members (excludes halogenated alkanes) is 1. The molecule has 0 aliphatic carbocycles. The minimum atomic E-state index is -0.658. The molecule has 0 fully saturated rings. The van der Waals surface area contributed by atoms with Gasteiger partial charge in [0.1, 0.15) is 5.75 Å². The molecule has 0 bridgehead atoms. The summed E-state index contributed by atoms with van der Waals surface area (Å²) in [5.41, 5.74) is 0.817. The summed E-state index contributed by atoms with van der Waals surface area (Å²) >= 11 is 0. The summed E-state index contributed by atoms with van der Waals surface area (Å²) in [5, 5.41) is 17.1. The van der Waals surface area contributed by atoms with Gasteiger partial charge in [-0.3, -0.25) is 4.99 Å². The Kier molecular flexibility index (Phi) is 16.1. The zero-order valence-corrected chi connectivity index (χ0v) is 21.1. The SMILES string of the molecule is CCNC(=NCC(O)c1cccc(OC(C)C)c1)NCCCCN(CC)CC.I. The standard InChI is InChI=1S/C22H40N4O2.HI/c1-6-23-22(24-14-9-10-15-26(7-2)8-3)25-17-21(27)19-12-11-13-20(16-19)28-18(4)5;/h11-13,16,18,21,27H,6-10,14-15,17H2,1-5H3,(H2,23,24,25);1H. The molecule has 7 heteroatoms. The van der Waals surface area contributed by atoms with Gasteiger partial charge in [-0.1, -0.05) is 26.0 Å². The van der Waals surface area contributed by atoms with Gasteiger partial charge in [0.25, 0.3) is 0 Å². The quantitative estimate of drug-likeness (QED) is 0.160. The zero-order chi connectivity index (χ0) is 20.8. The number of hydrogen-bond acceptors (Lipinski definition) is 4. The van der Waals surface area contributed by atoms with Crippen LogP contribution < -0.4 is 15.4 Å². The Morgan fingerprint density at radius 1 is 1.14 bits per heavy atom. The van der Waals surface area contributed by atoms with Gasteiger partial charge >= 0.3 is 0 Å². The summed E-state index contributed by atoms with van der Waals surface area (Å²) in [4.78, 5) is 6.98. The summed E-state index contributed by atoms with van der Waals surface area (Å²) in [6, 6.07) is 7.59. The molecular formula is C22H41IN4O2. The monoisotopic (exact) mass is 520 g/mol. The van der Waals surface area contributed by atoms with Crippen molar-refractivity contribution in [2.45, 2.75) is 59.7 Å². The molecule has 0 aromatic heterocycles. The Hall–Kier alpha value is -1.06. The fourth-order valence-corrected chi connectivity index (χ4v) is 2.90. The Morgan fingerprint density at radius 3 is 2.48 bits per heavy atom. The van der Waals surface area contributed by atoms with Gasteiger partial charge in [-0.2, -0.15) is 0 Å². The number of nitrogens with zero attached hydrogens (tertiary/aromatic N) is 2. The summed E-state index contributed by atoms with van der Waals surface area (Å²) in [7, 11) is 0. The van der Waals surface area contributed by atoms with Crippen LogP contribution in [-0.4, -0.2) is 61.3 Å². The third-order valence-electron chi connectivity index (χ3n) is 4.47. The van der Waals surface area contributed by atoms with Crippen LogP contribution in [0.2, 0.25) is 0 Å². The molecule has 0 aliphatic heterocycles. The van der Waals surface area contributed by atoms with Gasteiger partial charge in [-0.05, 0) is 70.9 Å². The Balaban J connectivity index is 0.00000784. The average Bonchev–Trinajstić information content (AvgIpc) is 2.68. The van der Waals surface area contributed by atoms with Crippen molar-refractivity contribution < 1.29 is 9.84 Å². The van der Waals surface area contributed by atoms with Gasteiger partial charge in [0, 0.05) is 13.1 Å². The lowest BCUT2D eigenvalue weighted by molar-refractivity contribution is 0.185. The Bertz CT molecular complexity index is 565. The molecule has 3 N–H and O–H groups in total. The molecule has 0 aliphatic rings. The summed E-state index contributed by atoms with van der Waals surface area (Å²) < 4.78 is 5.70. The van der Waals surface area contributed by atoms with Gasteiger partial charge in [-0.25, -0.2) is 0 Å². The van der Waals surface area contributed by atoms with Crippen LogP contribution in [0.15, 0.2) is 29.3 Å². The molecule has 29 heavy (non-hydrogen) atoms. The first-order valence-corrected chi connectivity index (χ1v) is 10.7. The highest BCUT2D eigenvalue weighted by Crippen LogP contribution is 2.20. The largest absolute Gasteiger partial charge is 0.491 e. The predicted molar refractivity (Wildman–Crippen MR) is 134 cm³/mol. The van der Waals surface area contributed by atoms with Crippen molar-refractivity contribution in [2.24, 2.45) is 4.99 Å². The Morgan fingerprint density at radius 2 is 1.86 bits per heavy atom. The number of aliphatic imine (C=N–C) groups is 1. The van der Waals surface area contributed by atoms with Gasteiger partial charge < -0.3 is 25.4 Å². The number of guanidine groups is 1. The number of halogens is 1.